The Morgan fingerprint density at radius 2 is 1.52 bits per heavy atom. The Balaban J connectivity index is 2.51. The highest BCUT2D eigenvalue weighted by Crippen LogP contribution is 2.26. The molecule has 0 unspecified atom stereocenters. The summed E-state index contributed by atoms with van der Waals surface area (Å²) >= 11 is 0. The maximum Gasteiger partial charge on any atom is 0.334 e. The van der Waals surface area contributed by atoms with Gasteiger partial charge in [0, 0.05) is 6.42 Å². The number of primary amides is 1. The number of amides is 2. The molecule has 0 saturated heterocycles. The van der Waals surface area contributed by atoms with E-state index >= 15 is 0 Å². The largest absolute Gasteiger partial charge is 0.479 e. The fourth-order valence-electron chi connectivity index (χ4n) is 2.31. The Hall–Kier alpha value is -2.82. The van der Waals surface area contributed by atoms with E-state index in [4.69, 9.17) is 5.73 Å². The molecule has 108 valence electrons. The monoisotopic (exact) mass is 284 g/mol. The van der Waals surface area contributed by atoms with E-state index in [9.17, 15) is 14.7 Å². The predicted molar refractivity (Wildman–Crippen MR) is 78.6 cm³/mol. The highest BCUT2D eigenvalue weighted by molar-refractivity contribution is 5.87. The van der Waals surface area contributed by atoms with Gasteiger partial charge in [0.15, 0.2) is 5.54 Å². The molecule has 0 heterocycles. The van der Waals surface area contributed by atoms with E-state index in [2.05, 4.69) is 5.32 Å². The Morgan fingerprint density at radius 1 is 1.00 bits per heavy atom. The Kier molecular flexibility index (Phi) is 4.23. The van der Waals surface area contributed by atoms with Gasteiger partial charge in [-0.3, -0.25) is 0 Å². The van der Waals surface area contributed by atoms with Crippen LogP contribution in [0.25, 0.3) is 0 Å². The van der Waals surface area contributed by atoms with Gasteiger partial charge < -0.3 is 16.2 Å². The van der Waals surface area contributed by atoms with Crippen molar-refractivity contribution in [2.24, 2.45) is 5.73 Å². The number of rotatable bonds is 5. The van der Waals surface area contributed by atoms with E-state index in [0.717, 1.165) is 5.56 Å². The summed E-state index contributed by atoms with van der Waals surface area (Å²) in [5.41, 5.74) is 4.87. The first kappa shape index (κ1) is 14.6. The van der Waals surface area contributed by atoms with Gasteiger partial charge in [-0.05, 0) is 11.1 Å². The number of aliphatic carboxylic acids is 1. The lowest BCUT2D eigenvalue weighted by molar-refractivity contribution is -0.144. The van der Waals surface area contributed by atoms with Crippen LogP contribution >= 0.6 is 0 Å². The molecule has 0 aliphatic carbocycles. The number of urea groups is 1. The molecule has 1 atom stereocenters. The minimum absolute atomic E-state index is 0.107. The zero-order valence-corrected chi connectivity index (χ0v) is 11.3. The molecule has 4 N–H and O–H groups in total. The van der Waals surface area contributed by atoms with Crippen LogP contribution in [0, 0.1) is 0 Å². The van der Waals surface area contributed by atoms with Crippen LogP contribution in [-0.2, 0) is 16.8 Å². The van der Waals surface area contributed by atoms with Crippen LogP contribution in [0.1, 0.15) is 11.1 Å². The Morgan fingerprint density at radius 3 is 2.00 bits per heavy atom. The number of carboxylic acid groups (broad SMARTS) is 1. The van der Waals surface area contributed by atoms with Crippen LogP contribution in [0.4, 0.5) is 4.79 Å². The van der Waals surface area contributed by atoms with Crippen LogP contribution in [0.5, 0.6) is 0 Å². The highest BCUT2D eigenvalue weighted by Gasteiger charge is 2.41. The summed E-state index contributed by atoms with van der Waals surface area (Å²) in [7, 11) is 0. The van der Waals surface area contributed by atoms with Gasteiger partial charge in [0.2, 0.25) is 0 Å². The maximum absolute atomic E-state index is 11.9. The lowest BCUT2D eigenvalue weighted by Crippen LogP contribution is -2.55. The molecule has 0 radical (unpaired) electrons. The van der Waals surface area contributed by atoms with Gasteiger partial charge in [-0.2, -0.15) is 0 Å². The van der Waals surface area contributed by atoms with Crippen LogP contribution in [0.2, 0.25) is 0 Å². The number of carboxylic acids is 1. The normalized spacial score (nSPS) is 13.1. The second-order valence-corrected chi connectivity index (χ2v) is 4.73. The lowest BCUT2D eigenvalue weighted by Gasteiger charge is -2.30. The molecule has 5 nitrogen and oxygen atoms in total. The number of hydrogen-bond donors (Lipinski definition) is 3. The van der Waals surface area contributed by atoms with E-state index < -0.39 is 17.5 Å². The van der Waals surface area contributed by atoms with Gasteiger partial charge in [0.1, 0.15) is 0 Å². The molecule has 0 spiro atoms. The fraction of sp³-hybridized carbons (Fsp3) is 0.125. The van der Waals surface area contributed by atoms with Gasteiger partial charge in [-0.25, -0.2) is 9.59 Å². The van der Waals surface area contributed by atoms with Crippen molar-refractivity contribution >= 4 is 12.0 Å². The van der Waals surface area contributed by atoms with Crippen LogP contribution in [-0.4, -0.2) is 17.1 Å². The minimum Gasteiger partial charge on any atom is -0.479 e. The fourth-order valence-corrected chi connectivity index (χ4v) is 2.31. The molecule has 21 heavy (non-hydrogen) atoms. The zero-order chi connectivity index (χ0) is 15.3. The average molecular weight is 284 g/mol. The van der Waals surface area contributed by atoms with Crippen LogP contribution in [0.15, 0.2) is 60.7 Å². The van der Waals surface area contributed by atoms with Gasteiger partial charge >= 0.3 is 12.0 Å². The number of nitrogens with two attached hydrogens (primary N) is 1. The first-order valence-electron chi connectivity index (χ1n) is 6.45. The summed E-state index contributed by atoms with van der Waals surface area (Å²) < 4.78 is 0. The number of nitrogens with one attached hydrogen (secondary N) is 1. The number of benzene rings is 2. The summed E-state index contributed by atoms with van der Waals surface area (Å²) in [6.45, 7) is 0. The standard InChI is InChI=1S/C16H16N2O3/c17-15(21)18-16(14(19)20,13-9-5-2-6-10-13)11-12-7-3-1-4-8-12/h1-10H,11H2,(H,19,20)(H3,17,18,21)/t16-/m1/s1. The van der Waals surface area contributed by atoms with Crippen molar-refractivity contribution in [1.82, 2.24) is 5.32 Å². The molecule has 2 aromatic rings. The smallest absolute Gasteiger partial charge is 0.334 e. The molecular weight excluding hydrogens is 268 g/mol. The molecule has 2 aromatic carbocycles. The quantitative estimate of drug-likeness (QED) is 0.782. The number of hydrogen-bond acceptors (Lipinski definition) is 2. The van der Waals surface area contributed by atoms with E-state index in [1.165, 1.54) is 0 Å². The number of carbonyl (C=O) groups is 2. The lowest BCUT2D eigenvalue weighted by atomic mass is 9.83. The van der Waals surface area contributed by atoms with Crippen molar-refractivity contribution < 1.29 is 14.7 Å². The molecule has 2 rings (SSSR count). The average Bonchev–Trinajstić information content (AvgIpc) is 2.48. The van der Waals surface area contributed by atoms with E-state index in [0.29, 0.717) is 5.56 Å². The summed E-state index contributed by atoms with van der Waals surface area (Å²) in [6.07, 6.45) is 0.107. The second kappa shape index (κ2) is 6.09. The Bertz CT molecular complexity index is 628. The van der Waals surface area contributed by atoms with Crippen LogP contribution in [0.3, 0.4) is 0 Å². The summed E-state index contributed by atoms with van der Waals surface area (Å²) in [5, 5.41) is 12.1. The van der Waals surface area contributed by atoms with E-state index in [1.807, 2.05) is 30.3 Å². The topological polar surface area (TPSA) is 92.4 Å². The number of carbonyl (C=O) groups excluding carboxylic acids is 1. The zero-order valence-electron chi connectivity index (χ0n) is 11.3. The van der Waals surface area contributed by atoms with Gasteiger partial charge in [-0.1, -0.05) is 60.7 Å². The minimum atomic E-state index is -1.59. The van der Waals surface area contributed by atoms with Crippen molar-refractivity contribution in [3.63, 3.8) is 0 Å². The SMILES string of the molecule is NC(=O)N[C@@](Cc1ccccc1)(C(=O)O)c1ccccc1. The maximum atomic E-state index is 11.9. The second-order valence-electron chi connectivity index (χ2n) is 4.73. The predicted octanol–water partition coefficient (Wildman–Crippen LogP) is 1.88. The van der Waals surface area contributed by atoms with Crippen molar-refractivity contribution in [3.8, 4) is 0 Å². The molecule has 0 aliphatic rings. The van der Waals surface area contributed by atoms with Crippen molar-refractivity contribution in [1.29, 1.82) is 0 Å². The van der Waals surface area contributed by atoms with Gasteiger partial charge in [-0.15, -0.1) is 0 Å². The third-order valence-electron chi connectivity index (χ3n) is 3.28. The molecule has 0 aliphatic heterocycles. The van der Waals surface area contributed by atoms with Gasteiger partial charge in [0.25, 0.3) is 0 Å². The van der Waals surface area contributed by atoms with Gasteiger partial charge in [0.05, 0.1) is 0 Å². The summed E-state index contributed by atoms with van der Waals surface area (Å²) in [4.78, 5) is 23.2. The third-order valence-corrected chi connectivity index (χ3v) is 3.28. The molecule has 0 bridgehead atoms. The van der Waals surface area contributed by atoms with E-state index in [1.54, 1.807) is 30.3 Å². The third kappa shape index (κ3) is 3.20. The van der Waals surface area contributed by atoms with Crippen LogP contribution < -0.4 is 11.1 Å². The van der Waals surface area contributed by atoms with Crippen molar-refractivity contribution in [3.05, 3.63) is 71.8 Å². The van der Waals surface area contributed by atoms with Crippen molar-refractivity contribution in [2.75, 3.05) is 0 Å². The van der Waals surface area contributed by atoms with E-state index in [-0.39, 0.29) is 6.42 Å². The first-order valence-corrected chi connectivity index (χ1v) is 6.45. The molecule has 0 aromatic heterocycles. The first-order chi connectivity index (χ1) is 10.0. The molecule has 0 saturated carbocycles. The summed E-state index contributed by atoms with van der Waals surface area (Å²) in [6, 6.07) is 16.8. The molecule has 2 amide bonds. The Labute approximate surface area is 122 Å². The molecule has 0 fully saturated rings. The van der Waals surface area contributed by atoms with Crippen molar-refractivity contribution in [2.45, 2.75) is 12.0 Å². The highest BCUT2D eigenvalue weighted by atomic mass is 16.4. The summed E-state index contributed by atoms with van der Waals surface area (Å²) in [5.74, 6) is -1.16. The molecular formula is C16H16N2O3. The molecule has 5 heteroatoms.